The first-order chi connectivity index (χ1) is 6.68. The maximum Gasteiger partial charge on any atom is 0.163 e. The highest BCUT2D eigenvalue weighted by Crippen LogP contribution is 2.28. The van der Waals surface area contributed by atoms with Crippen molar-refractivity contribution >= 4 is 17.4 Å². The minimum absolute atomic E-state index is 0.0129. The van der Waals surface area contributed by atoms with Crippen molar-refractivity contribution in [2.75, 3.05) is 0 Å². The number of ketones is 1. The molecular formula is C11H10ClFO. The van der Waals surface area contributed by atoms with Crippen LogP contribution in [0.4, 0.5) is 4.39 Å². The summed E-state index contributed by atoms with van der Waals surface area (Å²) in [5.41, 5.74) is 1.29. The third-order valence-corrected chi connectivity index (χ3v) is 2.88. The fourth-order valence-corrected chi connectivity index (χ4v) is 2.13. The second-order valence-electron chi connectivity index (χ2n) is 3.54. The predicted molar refractivity (Wildman–Crippen MR) is 53.3 cm³/mol. The lowest BCUT2D eigenvalue weighted by molar-refractivity contribution is 0.0981. The van der Waals surface area contributed by atoms with E-state index in [1.54, 1.807) is 0 Å². The van der Waals surface area contributed by atoms with Gasteiger partial charge in [0.15, 0.2) is 5.78 Å². The SMILES string of the molecule is O=C1CCCCc2c(Cl)cc(F)cc21. The van der Waals surface area contributed by atoms with Gasteiger partial charge in [0.2, 0.25) is 0 Å². The summed E-state index contributed by atoms with van der Waals surface area (Å²) in [6.07, 6.45) is 3.10. The van der Waals surface area contributed by atoms with Gasteiger partial charge in [0, 0.05) is 17.0 Å². The monoisotopic (exact) mass is 212 g/mol. The zero-order chi connectivity index (χ0) is 10.1. The van der Waals surface area contributed by atoms with Gasteiger partial charge >= 0.3 is 0 Å². The van der Waals surface area contributed by atoms with E-state index in [0.29, 0.717) is 17.0 Å². The summed E-state index contributed by atoms with van der Waals surface area (Å²) in [5, 5.41) is 0.384. The molecule has 1 aromatic carbocycles. The molecule has 0 saturated heterocycles. The fraction of sp³-hybridized carbons (Fsp3) is 0.364. The fourth-order valence-electron chi connectivity index (χ4n) is 1.83. The van der Waals surface area contributed by atoms with Crippen molar-refractivity contribution in [1.29, 1.82) is 0 Å². The standard InChI is InChI=1S/C11H10ClFO/c12-10-6-7(13)5-9-8(10)3-1-2-4-11(9)14/h5-6H,1-4H2. The normalized spacial score (nSPS) is 16.3. The van der Waals surface area contributed by atoms with E-state index in [1.807, 2.05) is 0 Å². The Morgan fingerprint density at radius 1 is 1.21 bits per heavy atom. The van der Waals surface area contributed by atoms with Crippen LogP contribution in [0.2, 0.25) is 5.02 Å². The van der Waals surface area contributed by atoms with E-state index in [1.165, 1.54) is 12.1 Å². The van der Waals surface area contributed by atoms with E-state index in [2.05, 4.69) is 0 Å². The molecule has 0 aromatic heterocycles. The molecule has 1 aliphatic carbocycles. The Hall–Kier alpha value is -0.890. The van der Waals surface area contributed by atoms with Gasteiger partial charge in [0.05, 0.1) is 0 Å². The summed E-state index contributed by atoms with van der Waals surface area (Å²) in [6.45, 7) is 0. The molecule has 0 unspecified atom stereocenters. The van der Waals surface area contributed by atoms with Crippen molar-refractivity contribution in [3.8, 4) is 0 Å². The highest BCUT2D eigenvalue weighted by atomic mass is 35.5. The van der Waals surface area contributed by atoms with Crippen LogP contribution in [0.15, 0.2) is 12.1 Å². The number of carbonyl (C=O) groups excluding carboxylic acids is 1. The summed E-state index contributed by atoms with van der Waals surface area (Å²) in [6, 6.07) is 2.58. The van der Waals surface area contributed by atoms with Crippen LogP contribution in [0.3, 0.4) is 0 Å². The van der Waals surface area contributed by atoms with E-state index in [0.717, 1.165) is 24.8 Å². The molecule has 0 bridgehead atoms. The lowest BCUT2D eigenvalue weighted by Gasteiger charge is -2.06. The summed E-state index contributed by atoms with van der Waals surface area (Å²) in [4.78, 5) is 11.6. The Morgan fingerprint density at radius 3 is 2.71 bits per heavy atom. The minimum atomic E-state index is -0.427. The van der Waals surface area contributed by atoms with Gasteiger partial charge in [-0.25, -0.2) is 4.39 Å². The van der Waals surface area contributed by atoms with Gasteiger partial charge in [-0.2, -0.15) is 0 Å². The van der Waals surface area contributed by atoms with Crippen LogP contribution >= 0.6 is 11.6 Å². The third kappa shape index (κ3) is 1.67. The number of carbonyl (C=O) groups is 1. The molecule has 0 atom stereocenters. The van der Waals surface area contributed by atoms with Crippen molar-refractivity contribution in [2.24, 2.45) is 0 Å². The molecule has 1 nitrogen and oxygen atoms in total. The highest BCUT2D eigenvalue weighted by Gasteiger charge is 2.18. The maximum atomic E-state index is 13.0. The summed E-state index contributed by atoms with van der Waals surface area (Å²) >= 11 is 5.89. The van der Waals surface area contributed by atoms with Crippen molar-refractivity contribution in [1.82, 2.24) is 0 Å². The largest absolute Gasteiger partial charge is 0.294 e. The first-order valence-corrected chi connectivity index (χ1v) is 5.07. The smallest absolute Gasteiger partial charge is 0.163 e. The topological polar surface area (TPSA) is 17.1 Å². The molecule has 0 aliphatic heterocycles. The highest BCUT2D eigenvalue weighted by molar-refractivity contribution is 6.32. The molecule has 2 rings (SSSR count). The Morgan fingerprint density at radius 2 is 1.93 bits per heavy atom. The van der Waals surface area contributed by atoms with Gasteiger partial charge in [0.1, 0.15) is 5.82 Å². The molecule has 3 heteroatoms. The first-order valence-electron chi connectivity index (χ1n) is 4.69. The van der Waals surface area contributed by atoms with Gasteiger partial charge in [-0.3, -0.25) is 4.79 Å². The number of Topliss-reactive ketones (excluding diaryl/α,β-unsaturated/α-hetero) is 1. The maximum absolute atomic E-state index is 13.0. The summed E-state index contributed by atoms with van der Waals surface area (Å²) < 4.78 is 13.0. The Labute approximate surface area is 86.9 Å². The van der Waals surface area contributed by atoms with Crippen LogP contribution < -0.4 is 0 Å². The lowest BCUT2D eigenvalue weighted by Crippen LogP contribution is -2.01. The van der Waals surface area contributed by atoms with Crippen LogP contribution in [0.5, 0.6) is 0 Å². The zero-order valence-electron chi connectivity index (χ0n) is 7.65. The Balaban J connectivity index is 2.58. The Kier molecular flexibility index (Phi) is 2.55. The average Bonchev–Trinajstić information content (AvgIpc) is 2.29. The van der Waals surface area contributed by atoms with Gasteiger partial charge in [-0.05, 0) is 37.0 Å². The molecule has 1 aliphatic rings. The first kappa shape index (κ1) is 9.66. The lowest BCUT2D eigenvalue weighted by atomic mass is 10.0. The number of benzene rings is 1. The number of hydrogen-bond donors (Lipinski definition) is 0. The van der Waals surface area contributed by atoms with E-state index >= 15 is 0 Å². The quantitative estimate of drug-likeness (QED) is 0.603. The molecule has 0 heterocycles. The molecule has 0 amide bonds. The van der Waals surface area contributed by atoms with Gasteiger partial charge in [-0.1, -0.05) is 11.6 Å². The van der Waals surface area contributed by atoms with Crippen LogP contribution in [0.25, 0.3) is 0 Å². The molecule has 0 spiro atoms. The molecule has 14 heavy (non-hydrogen) atoms. The molecular weight excluding hydrogens is 203 g/mol. The molecule has 0 radical (unpaired) electrons. The summed E-state index contributed by atoms with van der Waals surface area (Å²) in [7, 11) is 0. The van der Waals surface area contributed by atoms with Crippen molar-refractivity contribution in [2.45, 2.75) is 25.7 Å². The minimum Gasteiger partial charge on any atom is -0.294 e. The zero-order valence-corrected chi connectivity index (χ0v) is 8.40. The second-order valence-corrected chi connectivity index (χ2v) is 3.95. The molecule has 0 saturated carbocycles. The third-order valence-electron chi connectivity index (χ3n) is 2.54. The van der Waals surface area contributed by atoms with Crippen molar-refractivity contribution < 1.29 is 9.18 Å². The number of hydrogen-bond acceptors (Lipinski definition) is 1. The molecule has 74 valence electrons. The van der Waals surface area contributed by atoms with Gasteiger partial charge < -0.3 is 0 Å². The van der Waals surface area contributed by atoms with E-state index < -0.39 is 5.82 Å². The van der Waals surface area contributed by atoms with Crippen LogP contribution in [-0.2, 0) is 6.42 Å². The predicted octanol–water partition coefficient (Wildman–Crippen LogP) is 3.39. The van der Waals surface area contributed by atoms with Crippen molar-refractivity contribution in [3.05, 3.63) is 34.1 Å². The van der Waals surface area contributed by atoms with Gasteiger partial charge in [-0.15, -0.1) is 0 Å². The average molecular weight is 213 g/mol. The number of halogens is 2. The van der Waals surface area contributed by atoms with Crippen LogP contribution in [0, 0.1) is 5.82 Å². The van der Waals surface area contributed by atoms with Crippen molar-refractivity contribution in [3.63, 3.8) is 0 Å². The van der Waals surface area contributed by atoms with E-state index in [9.17, 15) is 9.18 Å². The number of rotatable bonds is 0. The molecule has 0 fully saturated rings. The summed E-state index contributed by atoms with van der Waals surface area (Å²) in [5.74, 6) is -0.414. The molecule has 1 aromatic rings. The van der Waals surface area contributed by atoms with Gasteiger partial charge in [0.25, 0.3) is 0 Å². The molecule has 0 N–H and O–H groups in total. The van der Waals surface area contributed by atoms with E-state index in [-0.39, 0.29) is 5.78 Å². The second kappa shape index (κ2) is 3.70. The number of fused-ring (bicyclic) bond motifs is 1. The Bertz CT molecular complexity index is 387. The van der Waals surface area contributed by atoms with Crippen LogP contribution in [-0.4, -0.2) is 5.78 Å². The van der Waals surface area contributed by atoms with E-state index in [4.69, 9.17) is 11.6 Å². The van der Waals surface area contributed by atoms with Crippen LogP contribution in [0.1, 0.15) is 35.2 Å².